The van der Waals surface area contributed by atoms with Crippen molar-refractivity contribution in [2.45, 2.75) is 50.1 Å². The maximum Gasteiger partial charge on any atom is 0.290 e. The molecular formula is C33H31F9N8O2. The monoisotopic (exact) mass is 742 g/mol. The molecule has 0 saturated carbocycles. The molecule has 0 saturated heterocycles. The van der Waals surface area contributed by atoms with E-state index in [0.29, 0.717) is 19.2 Å². The number of nitrogens with zero attached hydrogens (tertiary/aromatic N) is 5. The smallest absolute Gasteiger partial charge is 0.290 e. The summed E-state index contributed by atoms with van der Waals surface area (Å²) >= 11 is 0. The number of anilines is 1. The number of hydrogen-bond acceptors (Lipinski definition) is 7. The number of nitrogens with two attached hydrogens (primary N) is 1. The minimum Gasteiger partial charge on any atom is -0.366 e. The van der Waals surface area contributed by atoms with Crippen molar-refractivity contribution < 1.29 is 49.1 Å². The van der Waals surface area contributed by atoms with Gasteiger partial charge in [-0.3, -0.25) is 14.3 Å². The first kappa shape index (κ1) is 38.0. The number of rotatable bonds is 13. The summed E-state index contributed by atoms with van der Waals surface area (Å²) in [5.74, 6) is -13.5. The molecule has 2 heterocycles. The van der Waals surface area contributed by atoms with E-state index in [2.05, 4.69) is 25.7 Å². The molecule has 1 atom stereocenters. The molecule has 1 unspecified atom stereocenters. The second-order valence-corrected chi connectivity index (χ2v) is 12.4. The van der Waals surface area contributed by atoms with E-state index in [4.69, 9.17) is 5.73 Å². The van der Waals surface area contributed by atoms with Crippen molar-refractivity contribution in [3.8, 4) is 11.1 Å². The van der Waals surface area contributed by atoms with Gasteiger partial charge in [-0.2, -0.15) is 13.9 Å². The summed E-state index contributed by atoms with van der Waals surface area (Å²) in [7, 11) is 3.59. The SMILES string of the molecule is CN(C)CCNc1ncc(-c2ccc(F)c(C(N)=O)c2)c(C(Cc2cc(F)cc(F)c2)NC(=O)Cn2nc(C(F)F)c3c2C(F)(F)CCC3(F)F)n1. The summed E-state index contributed by atoms with van der Waals surface area (Å²) in [6, 6.07) is 4.24. The highest BCUT2D eigenvalue weighted by Crippen LogP contribution is 2.52. The van der Waals surface area contributed by atoms with Crippen molar-refractivity contribution >= 4 is 17.8 Å². The highest BCUT2D eigenvalue weighted by molar-refractivity contribution is 5.94. The number of primary amides is 1. The number of halogens is 9. The van der Waals surface area contributed by atoms with Gasteiger partial charge in [-0.25, -0.2) is 40.7 Å². The predicted octanol–water partition coefficient (Wildman–Crippen LogP) is 5.85. The number of fused-ring (bicyclic) bond motifs is 1. The van der Waals surface area contributed by atoms with Crippen molar-refractivity contribution in [3.05, 3.63) is 93.8 Å². The van der Waals surface area contributed by atoms with E-state index in [1.807, 2.05) is 4.90 Å². The number of carbonyl (C=O) groups is 2. The molecule has 1 aliphatic carbocycles. The van der Waals surface area contributed by atoms with Crippen LogP contribution in [0.25, 0.3) is 11.1 Å². The first-order valence-electron chi connectivity index (χ1n) is 15.6. The third kappa shape index (κ3) is 8.29. The Morgan fingerprint density at radius 3 is 2.29 bits per heavy atom. The Hall–Kier alpha value is -5.20. The van der Waals surface area contributed by atoms with Crippen LogP contribution in [0.3, 0.4) is 0 Å². The second-order valence-electron chi connectivity index (χ2n) is 12.4. The van der Waals surface area contributed by atoms with Gasteiger partial charge in [-0.05, 0) is 55.9 Å². The highest BCUT2D eigenvalue weighted by Gasteiger charge is 2.55. The minimum atomic E-state index is -4.09. The lowest BCUT2D eigenvalue weighted by molar-refractivity contribution is -0.123. The van der Waals surface area contributed by atoms with Crippen LogP contribution < -0.4 is 16.4 Å². The Balaban J connectivity index is 1.62. The number of hydrogen-bond donors (Lipinski definition) is 3. The highest BCUT2D eigenvalue weighted by atomic mass is 19.3. The molecule has 1 aliphatic rings. The lowest BCUT2D eigenvalue weighted by Crippen LogP contribution is -2.37. The standard InChI is InChI=1S/C33H31F9N8O2/c1-49(2)8-7-44-31-45-14-21(17-3-4-22(36)20(12-17)30(43)52)26(47-31)23(11-16-9-18(34)13-19(35)10-16)46-24(51)15-50-28-25(27(48-50)29(37)38)32(39,40)5-6-33(28,41)42/h3-4,9-10,12-14,23,29H,5-8,11,15H2,1-2H3,(H2,43,52)(H,46,51)(H,44,45,47). The molecule has 2 amide bonds. The Morgan fingerprint density at radius 1 is 0.981 bits per heavy atom. The van der Waals surface area contributed by atoms with Gasteiger partial charge >= 0.3 is 0 Å². The molecule has 0 fully saturated rings. The van der Waals surface area contributed by atoms with E-state index in [1.54, 1.807) is 14.1 Å². The number of carbonyl (C=O) groups excluding carboxylic acids is 2. The average Bonchev–Trinajstić information content (AvgIpc) is 3.44. The topological polar surface area (TPSA) is 131 Å². The molecule has 2 aromatic heterocycles. The maximum absolute atomic E-state index is 15.0. The Kier molecular flexibility index (Phi) is 10.8. The van der Waals surface area contributed by atoms with Gasteiger partial charge in [0, 0.05) is 43.8 Å². The van der Waals surface area contributed by atoms with Gasteiger partial charge in [0.2, 0.25) is 11.9 Å². The second kappa shape index (κ2) is 14.8. The van der Waals surface area contributed by atoms with Gasteiger partial charge in [0.1, 0.15) is 35.4 Å². The molecule has 0 radical (unpaired) electrons. The number of alkyl halides is 6. The molecule has 2 aromatic carbocycles. The summed E-state index contributed by atoms with van der Waals surface area (Å²) in [5.41, 5.74) is -0.0121. The summed E-state index contributed by atoms with van der Waals surface area (Å²) in [6.45, 7) is -0.455. The number of likely N-dealkylation sites (N-methyl/N-ethyl adjacent to an activating group) is 1. The van der Waals surface area contributed by atoms with Crippen molar-refractivity contribution in [1.82, 2.24) is 30.0 Å². The molecule has 5 rings (SSSR count). The molecule has 278 valence electrons. The average molecular weight is 743 g/mol. The summed E-state index contributed by atoms with van der Waals surface area (Å²) < 4.78 is 130. The molecule has 19 heteroatoms. The fourth-order valence-corrected chi connectivity index (χ4v) is 5.83. The Morgan fingerprint density at radius 2 is 1.65 bits per heavy atom. The third-order valence-corrected chi connectivity index (χ3v) is 8.18. The Labute approximate surface area is 290 Å². The van der Waals surface area contributed by atoms with Crippen LogP contribution in [-0.2, 0) is 29.6 Å². The van der Waals surface area contributed by atoms with Crippen molar-refractivity contribution in [1.29, 1.82) is 0 Å². The van der Waals surface area contributed by atoms with Gasteiger partial charge in [0.25, 0.3) is 24.2 Å². The predicted molar refractivity (Wildman–Crippen MR) is 168 cm³/mol. The zero-order chi connectivity index (χ0) is 38.1. The van der Waals surface area contributed by atoms with Crippen molar-refractivity contribution in [2.24, 2.45) is 5.73 Å². The van der Waals surface area contributed by atoms with Gasteiger partial charge in [0.15, 0.2) is 0 Å². The normalized spacial score (nSPS) is 15.4. The minimum absolute atomic E-state index is 0.0212. The molecule has 52 heavy (non-hydrogen) atoms. The number of aromatic nitrogens is 4. The van der Waals surface area contributed by atoms with Gasteiger partial charge in [-0.1, -0.05) is 6.07 Å². The van der Waals surface area contributed by atoms with Crippen molar-refractivity contribution in [2.75, 3.05) is 32.5 Å². The molecule has 0 bridgehead atoms. The Bertz CT molecular complexity index is 1970. The lowest BCUT2D eigenvalue weighted by Gasteiger charge is -2.29. The summed E-state index contributed by atoms with van der Waals surface area (Å²) in [5, 5.41) is 8.72. The maximum atomic E-state index is 15.0. The van der Waals surface area contributed by atoms with Crippen LogP contribution in [0.15, 0.2) is 42.6 Å². The van der Waals surface area contributed by atoms with Crippen LogP contribution in [-0.4, -0.2) is 63.6 Å². The zero-order valence-electron chi connectivity index (χ0n) is 27.5. The molecule has 4 aromatic rings. The largest absolute Gasteiger partial charge is 0.366 e. The number of amides is 2. The fraction of sp³-hybridized carbons (Fsp3) is 0.364. The number of nitrogens with one attached hydrogen (secondary N) is 2. The van der Waals surface area contributed by atoms with Crippen molar-refractivity contribution in [3.63, 3.8) is 0 Å². The van der Waals surface area contributed by atoms with E-state index in [-0.39, 0.29) is 33.0 Å². The van der Waals surface area contributed by atoms with Crippen LogP contribution in [0, 0.1) is 17.5 Å². The van der Waals surface area contributed by atoms with E-state index in [0.717, 1.165) is 24.3 Å². The van der Waals surface area contributed by atoms with Crippen LogP contribution in [0.5, 0.6) is 0 Å². The zero-order valence-corrected chi connectivity index (χ0v) is 27.5. The third-order valence-electron chi connectivity index (χ3n) is 8.18. The molecule has 10 nitrogen and oxygen atoms in total. The van der Waals surface area contributed by atoms with E-state index >= 15 is 8.78 Å². The van der Waals surface area contributed by atoms with Crippen LogP contribution in [0.2, 0.25) is 0 Å². The molecule has 0 aliphatic heterocycles. The summed E-state index contributed by atoms with van der Waals surface area (Å²) in [6.07, 6.45) is -5.73. The fourth-order valence-electron chi connectivity index (χ4n) is 5.83. The van der Waals surface area contributed by atoms with Gasteiger partial charge in [0.05, 0.1) is 22.9 Å². The molecule has 0 spiro atoms. The van der Waals surface area contributed by atoms with E-state index in [1.165, 1.54) is 12.3 Å². The summed E-state index contributed by atoms with van der Waals surface area (Å²) in [4.78, 5) is 36.1. The van der Waals surface area contributed by atoms with Gasteiger partial charge in [-0.15, -0.1) is 0 Å². The first-order valence-corrected chi connectivity index (χ1v) is 15.6. The quantitative estimate of drug-likeness (QED) is 0.147. The van der Waals surface area contributed by atoms with Crippen LogP contribution >= 0.6 is 0 Å². The molecule has 4 N–H and O–H groups in total. The van der Waals surface area contributed by atoms with E-state index < -0.39 is 102 Å². The van der Waals surface area contributed by atoms with E-state index in [9.17, 15) is 40.3 Å². The van der Waals surface area contributed by atoms with Crippen LogP contribution in [0.4, 0.5) is 45.5 Å². The van der Waals surface area contributed by atoms with Gasteiger partial charge < -0.3 is 21.3 Å². The first-order chi connectivity index (χ1) is 24.4. The molecular weight excluding hydrogens is 711 g/mol. The van der Waals surface area contributed by atoms with Crippen LogP contribution in [0.1, 0.15) is 63.9 Å². The lowest BCUT2D eigenvalue weighted by atomic mass is 9.89. The number of benzene rings is 2.